The molecule has 0 fully saturated rings. The van der Waals surface area contributed by atoms with Crippen molar-refractivity contribution in [2.24, 2.45) is 5.10 Å². The molecule has 2 rings (SSSR count). The summed E-state index contributed by atoms with van der Waals surface area (Å²) in [4.78, 5) is 3.85. The molecule has 0 unspecified atom stereocenters. The van der Waals surface area contributed by atoms with Crippen molar-refractivity contribution in [3.8, 4) is 0 Å². The van der Waals surface area contributed by atoms with Crippen LogP contribution >= 0.6 is 0 Å². The molecule has 0 radical (unpaired) electrons. The van der Waals surface area contributed by atoms with E-state index in [1.165, 1.54) is 17.5 Å². The van der Waals surface area contributed by atoms with E-state index in [1.807, 2.05) is 0 Å². The minimum Gasteiger partial charge on any atom is -0.342 e. The molecule has 1 aromatic heterocycles. The van der Waals surface area contributed by atoms with E-state index in [4.69, 9.17) is 0 Å². The Morgan fingerprint density at radius 3 is 2.83 bits per heavy atom. The molecule has 0 saturated heterocycles. The zero-order chi connectivity index (χ0) is 13.0. The highest BCUT2D eigenvalue weighted by Crippen LogP contribution is 2.18. The molecule has 92 valence electrons. The fraction of sp³-hybridized carbons (Fsp3) is 0.0833. The van der Waals surface area contributed by atoms with Crippen molar-refractivity contribution in [2.45, 2.75) is 6.54 Å². The van der Waals surface area contributed by atoms with E-state index in [9.17, 15) is 4.39 Å². The molecule has 0 aliphatic rings. The van der Waals surface area contributed by atoms with Crippen molar-refractivity contribution in [3.05, 3.63) is 54.4 Å². The Morgan fingerprint density at radius 1 is 1.44 bits per heavy atom. The zero-order valence-corrected chi connectivity index (χ0v) is 9.58. The molecule has 0 N–H and O–H groups in total. The number of aromatic nitrogens is 2. The maximum Gasteiger partial charge on any atom is 0.219 e. The van der Waals surface area contributed by atoms with Crippen LogP contribution in [0.1, 0.15) is 11.4 Å². The predicted octanol–water partition coefficient (Wildman–Crippen LogP) is 2.30. The molecule has 1 heterocycles. The molecule has 0 aliphatic carbocycles. The van der Waals surface area contributed by atoms with Gasteiger partial charge in [0.05, 0.1) is 6.54 Å². The van der Waals surface area contributed by atoms with Crippen LogP contribution in [0.3, 0.4) is 0 Å². The first kappa shape index (κ1) is 12.0. The Bertz CT molecular complexity index is 553. The van der Waals surface area contributed by atoms with Gasteiger partial charge in [0.2, 0.25) is 12.2 Å². The van der Waals surface area contributed by atoms with Crippen molar-refractivity contribution in [3.63, 3.8) is 0 Å². The normalized spacial score (nSPS) is 10.1. The maximum atomic E-state index is 13.5. The Morgan fingerprint density at radius 2 is 2.22 bits per heavy atom. The maximum absolute atomic E-state index is 13.5. The van der Waals surface area contributed by atoms with E-state index in [-0.39, 0.29) is 12.4 Å². The van der Waals surface area contributed by atoms with Crippen molar-refractivity contribution in [1.29, 1.82) is 0 Å². The van der Waals surface area contributed by atoms with E-state index in [1.54, 1.807) is 18.2 Å². The van der Waals surface area contributed by atoms with Crippen molar-refractivity contribution < 1.29 is 8.91 Å². The van der Waals surface area contributed by atoms with Gasteiger partial charge in [0, 0.05) is 12.3 Å². The number of hydrogen-bond donors (Lipinski definition) is 0. The lowest BCUT2D eigenvalue weighted by molar-refractivity contribution is 0.391. The van der Waals surface area contributed by atoms with E-state index >= 15 is 0 Å². The lowest BCUT2D eigenvalue weighted by Crippen LogP contribution is -2.16. The van der Waals surface area contributed by atoms with Crippen molar-refractivity contribution in [1.82, 2.24) is 15.1 Å². The summed E-state index contributed by atoms with van der Waals surface area (Å²) >= 11 is 0. The van der Waals surface area contributed by atoms with Crippen LogP contribution in [0.5, 0.6) is 0 Å². The third-order valence-corrected chi connectivity index (χ3v) is 2.38. The molecular formula is C12H11FN4O. The Kier molecular flexibility index (Phi) is 3.47. The second-order valence-electron chi connectivity index (χ2n) is 3.49. The van der Waals surface area contributed by atoms with Gasteiger partial charge < -0.3 is 4.52 Å². The van der Waals surface area contributed by atoms with Crippen LogP contribution < -0.4 is 0 Å². The van der Waals surface area contributed by atoms with Gasteiger partial charge in [-0.1, -0.05) is 29.9 Å². The molecule has 0 aliphatic heterocycles. The Balaban J connectivity index is 2.18. The van der Waals surface area contributed by atoms with E-state index in [2.05, 4.69) is 33.1 Å². The van der Waals surface area contributed by atoms with E-state index in [0.29, 0.717) is 17.1 Å². The number of hydrogen-bond acceptors (Lipinski definition) is 5. The lowest BCUT2D eigenvalue weighted by atomic mass is 10.2. The SMILES string of the molecule is C=NN(Cc1ccccc1F)C(=C)c1ncon1. The number of nitrogens with zero attached hydrogens (tertiary/aromatic N) is 4. The molecule has 5 nitrogen and oxygen atoms in total. The highest BCUT2D eigenvalue weighted by molar-refractivity contribution is 5.54. The highest BCUT2D eigenvalue weighted by atomic mass is 19.1. The fourth-order valence-corrected chi connectivity index (χ4v) is 1.43. The second kappa shape index (κ2) is 5.22. The molecule has 0 saturated carbocycles. The average Bonchev–Trinajstić information content (AvgIpc) is 2.91. The van der Waals surface area contributed by atoms with Crippen LogP contribution in [-0.4, -0.2) is 21.9 Å². The van der Waals surface area contributed by atoms with Crippen LogP contribution in [0, 0.1) is 5.82 Å². The molecule has 0 bridgehead atoms. The first-order valence-corrected chi connectivity index (χ1v) is 5.15. The van der Waals surface area contributed by atoms with Gasteiger partial charge in [-0.05, 0) is 6.07 Å². The summed E-state index contributed by atoms with van der Waals surface area (Å²) in [6, 6.07) is 6.42. The Labute approximate surface area is 103 Å². The smallest absolute Gasteiger partial charge is 0.219 e. The molecule has 2 aromatic rings. The molecule has 0 amide bonds. The minimum atomic E-state index is -0.313. The molecule has 18 heavy (non-hydrogen) atoms. The average molecular weight is 246 g/mol. The summed E-state index contributed by atoms with van der Waals surface area (Å²) in [5, 5.41) is 8.82. The van der Waals surface area contributed by atoms with Crippen molar-refractivity contribution in [2.75, 3.05) is 0 Å². The highest BCUT2D eigenvalue weighted by Gasteiger charge is 2.14. The third-order valence-electron chi connectivity index (χ3n) is 2.38. The van der Waals surface area contributed by atoms with Crippen molar-refractivity contribution >= 4 is 12.4 Å². The number of hydrazone groups is 1. The summed E-state index contributed by atoms with van der Waals surface area (Å²) < 4.78 is 18.1. The van der Waals surface area contributed by atoms with Gasteiger partial charge >= 0.3 is 0 Å². The lowest BCUT2D eigenvalue weighted by Gasteiger charge is -2.18. The van der Waals surface area contributed by atoms with Crippen LogP contribution in [0.25, 0.3) is 5.70 Å². The topological polar surface area (TPSA) is 54.5 Å². The van der Waals surface area contributed by atoms with Crippen LogP contribution in [0.4, 0.5) is 4.39 Å². The molecule has 6 heteroatoms. The second-order valence-corrected chi connectivity index (χ2v) is 3.49. The van der Waals surface area contributed by atoms with E-state index in [0.717, 1.165) is 0 Å². The van der Waals surface area contributed by atoms with Crippen LogP contribution in [0.15, 0.2) is 46.9 Å². The zero-order valence-electron chi connectivity index (χ0n) is 9.58. The first-order valence-electron chi connectivity index (χ1n) is 5.15. The first-order chi connectivity index (χ1) is 8.72. The van der Waals surface area contributed by atoms with Gasteiger partial charge in [-0.2, -0.15) is 10.1 Å². The van der Waals surface area contributed by atoms with Gasteiger partial charge in [-0.15, -0.1) is 0 Å². The molecular weight excluding hydrogens is 235 g/mol. The van der Waals surface area contributed by atoms with Gasteiger partial charge in [0.15, 0.2) is 0 Å². The number of halogens is 1. The van der Waals surface area contributed by atoms with Gasteiger partial charge in [0.25, 0.3) is 0 Å². The fourth-order valence-electron chi connectivity index (χ4n) is 1.43. The summed E-state index contributed by atoms with van der Waals surface area (Å²) in [6.07, 6.45) is 1.19. The quantitative estimate of drug-likeness (QED) is 0.600. The molecule has 0 spiro atoms. The van der Waals surface area contributed by atoms with Crippen LogP contribution in [-0.2, 0) is 6.54 Å². The van der Waals surface area contributed by atoms with Gasteiger partial charge in [-0.3, -0.25) is 5.01 Å². The van der Waals surface area contributed by atoms with Crippen LogP contribution in [0.2, 0.25) is 0 Å². The largest absolute Gasteiger partial charge is 0.342 e. The summed E-state index contributed by atoms with van der Waals surface area (Å²) in [6.45, 7) is 7.40. The minimum absolute atomic E-state index is 0.198. The summed E-state index contributed by atoms with van der Waals surface area (Å²) in [7, 11) is 0. The monoisotopic (exact) mass is 246 g/mol. The summed E-state index contributed by atoms with van der Waals surface area (Å²) in [5.74, 6) is -0.0224. The van der Waals surface area contributed by atoms with Gasteiger partial charge in [0.1, 0.15) is 11.5 Å². The predicted molar refractivity (Wildman–Crippen MR) is 64.8 cm³/mol. The van der Waals surface area contributed by atoms with E-state index < -0.39 is 0 Å². The standard InChI is InChI=1S/C12H11FN4O/c1-9(12-15-8-18-16-12)17(14-2)7-10-5-3-4-6-11(10)13/h3-6,8H,1-2,7H2. The van der Waals surface area contributed by atoms with Gasteiger partial charge in [-0.25, -0.2) is 4.39 Å². The third kappa shape index (κ3) is 2.42. The summed E-state index contributed by atoms with van der Waals surface area (Å²) in [5.41, 5.74) is 0.872. The Hall–Kier alpha value is -2.50. The molecule has 0 atom stereocenters. The number of benzene rings is 1. The number of rotatable bonds is 5. The molecule has 1 aromatic carbocycles.